The average molecular weight is 291 g/mol. The predicted octanol–water partition coefficient (Wildman–Crippen LogP) is 2.90. The molecule has 1 unspecified atom stereocenters. The topological polar surface area (TPSA) is 75.5 Å². The Hall–Kier alpha value is -2.11. The molecule has 1 aliphatic heterocycles. The molecule has 0 saturated carbocycles. The SMILES string of the molecule is CNc1cccc(C(=O)N2CCCC(C)CC2)c1[N+](=O)[O-]. The highest BCUT2D eigenvalue weighted by molar-refractivity contribution is 6.00. The first kappa shape index (κ1) is 15.3. The molecule has 114 valence electrons. The van der Waals surface area contributed by atoms with E-state index in [9.17, 15) is 14.9 Å². The summed E-state index contributed by atoms with van der Waals surface area (Å²) in [6.45, 7) is 3.52. The van der Waals surface area contributed by atoms with Crippen molar-refractivity contribution in [2.75, 3.05) is 25.5 Å². The Morgan fingerprint density at radius 1 is 1.38 bits per heavy atom. The number of rotatable bonds is 3. The smallest absolute Gasteiger partial charge is 0.305 e. The highest BCUT2D eigenvalue weighted by Crippen LogP contribution is 2.30. The second-order valence-corrected chi connectivity index (χ2v) is 5.54. The van der Waals surface area contributed by atoms with Gasteiger partial charge in [0.2, 0.25) is 0 Å². The Balaban J connectivity index is 2.32. The number of para-hydroxylation sites is 1. The van der Waals surface area contributed by atoms with E-state index in [-0.39, 0.29) is 17.2 Å². The second-order valence-electron chi connectivity index (χ2n) is 5.54. The molecule has 1 saturated heterocycles. The standard InChI is InChI=1S/C15H21N3O3/c1-11-5-4-9-17(10-8-11)15(19)12-6-3-7-13(16-2)14(12)18(20)21/h3,6-7,11,16H,4-5,8-10H2,1-2H3. The zero-order valence-corrected chi connectivity index (χ0v) is 12.5. The molecule has 1 N–H and O–H groups in total. The van der Waals surface area contributed by atoms with E-state index in [0.29, 0.717) is 24.7 Å². The number of amides is 1. The number of hydrogen-bond acceptors (Lipinski definition) is 4. The number of nitrogens with one attached hydrogen (secondary N) is 1. The summed E-state index contributed by atoms with van der Waals surface area (Å²) >= 11 is 0. The van der Waals surface area contributed by atoms with Gasteiger partial charge in [-0.15, -0.1) is 0 Å². The van der Waals surface area contributed by atoms with E-state index in [1.165, 1.54) is 6.07 Å². The van der Waals surface area contributed by atoms with Crippen LogP contribution in [0.4, 0.5) is 11.4 Å². The van der Waals surface area contributed by atoms with Crippen LogP contribution in [-0.2, 0) is 0 Å². The van der Waals surface area contributed by atoms with E-state index in [2.05, 4.69) is 12.2 Å². The van der Waals surface area contributed by atoms with Crippen molar-refractivity contribution in [3.05, 3.63) is 33.9 Å². The molecule has 1 amide bonds. The first-order valence-corrected chi connectivity index (χ1v) is 7.29. The Bertz CT molecular complexity index is 545. The molecule has 2 rings (SSSR count). The van der Waals surface area contributed by atoms with Crippen LogP contribution in [0, 0.1) is 16.0 Å². The van der Waals surface area contributed by atoms with Crippen LogP contribution in [0.3, 0.4) is 0 Å². The molecule has 1 aromatic carbocycles. The minimum Gasteiger partial charge on any atom is -0.383 e. The lowest BCUT2D eigenvalue weighted by atomic mass is 10.0. The first-order chi connectivity index (χ1) is 10.0. The van der Waals surface area contributed by atoms with Crippen LogP contribution < -0.4 is 5.32 Å². The van der Waals surface area contributed by atoms with E-state index >= 15 is 0 Å². The average Bonchev–Trinajstić information content (AvgIpc) is 2.70. The van der Waals surface area contributed by atoms with Gasteiger partial charge >= 0.3 is 5.69 Å². The first-order valence-electron chi connectivity index (χ1n) is 7.29. The second kappa shape index (κ2) is 6.56. The Kier molecular flexibility index (Phi) is 4.77. The summed E-state index contributed by atoms with van der Waals surface area (Å²) < 4.78 is 0. The highest BCUT2D eigenvalue weighted by atomic mass is 16.6. The number of nitro groups is 1. The molecule has 21 heavy (non-hydrogen) atoms. The van der Waals surface area contributed by atoms with E-state index in [1.54, 1.807) is 24.1 Å². The number of benzene rings is 1. The molecular weight excluding hydrogens is 270 g/mol. The van der Waals surface area contributed by atoms with Crippen molar-refractivity contribution >= 4 is 17.3 Å². The zero-order chi connectivity index (χ0) is 15.4. The predicted molar refractivity (Wildman–Crippen MR) is 81.6 cm³/mol. The molecule has 0 aliphatic carbocycles. The normalized spacial score (nSPS) is 19.0. The van der Waals surface area contributed by atoms with Crippen LogP contribution in [-0.4, -0.2) is 35.9 Å². The van der Waals surface area contributed by atoms with Gasteiger partial charge in [0, 0.05) is 20.1 Å². The molecule has 6 heteroatoms. The third-order valence-corrected chi connectivity index (χ3v) is 4.02. The molecule has 0 bridgehead atoms. The fourth-order valence-electron chi connectivity index (χ4n) is 2.75. The lowest BCUT2D eigenvalue weighted by molar-refractivity contribution is -0.384. The molecule has 0 spiro atoms. The molecule has 1 aromatic rings. The number of likely N-dealkylation sites (tertiary alicyclic amines) is 1. The molecule has 1 heterocycles. The van der Waals surface area contributed by atoms with Gasteiger partial charge < -0.3 is 10.2 Å². The lowest BCUT2D eigenvalue weighted by Gasteiger charge is -2.20. The highest BCUT2D eigenvalue weighted by Gasteiger charge is 2.28. The fourth-order valence-corrected chi connectivity index (χ4v) is 2.75. The summed E-state index contributed by atoms with van der Waals surface area (Å²) in [7, 11) is 1.62. The van der Waals surface area contributed by atoms with E-state index in [4.69, 9.17) is 0 Å². The van der Waals surface area contributed by atoms with Gasteiger partial charge in [0.15, 0.2) is 0 Å². The van der Waals surface area contributed by atoms with Crippen molar-refractivity contribution in [1.29, 1.82) is 0 Å². The zero-order valence-electron chi connectivity index (χ0n) is 12.5. The van der Waals surface area contributed by atoms with Gasteiger partial charge in [-0.05, 0) is 37.3 Å². The maximum atomic E-state index is 12.6. The van der Waals surface area contributed by atoms with Crippen molar-refractivity contribution in [2.45, 2.75) is 26.2 Å². The number of nitrogens with zero attached hydrogens (tertiary/aromatic N) is 2. The monoisotopic (exact) mass is 291 g/mol. The number of anilines is 1. The number of hydrogen-bond donors (Lipinski definition) is 1. The maximum Gasteiger partial charge on any atom is 0.305 e. The summed E-state index contributed by atoms with van der Waals surface area (Å²) in [5.41, 5.74) is 0.401. The van der Waals surface area contributed by atoms with Crippen LogP contribution in [0.5, 0.6) is 0 Å². The number of carbonyl (C=O) groups is 1. The molecule has 1 atom stereocenters. The van der Waals surface area contributed by atoms with E-state index in [1.807, 2.05) is 0 Å². The Morgan fingerprint density at radius 2 is 2.14 bits per heavy atom. The van der Waals surface area contributed by atoms with Gasteiger partial charge in [-0.1, -0.05) is 13.0 Å². The van der Waals surface area contributed by atoms with Gasteiger partial charge in [-0.25, -0.2) is 0 Å². The maximum absolute atomic E-state index is 12.6. The third-order valence-electron chi connectivity index (χ3n) is 4.02. The summed E-state index contributed by atoms with van der Waals surface area (Å²) in [6.07, 6.45) is 3.00. The third kappa shape index (κ3) is 3.32. The van der Waals surface area contributed by atoms with Crippen LogP contribution in [0.25, 0.3) is 0 Å². The summed E-state index contributed by atoms with van der Waals surface area (Å²) in [5, 5.41) is 14.1. The van der Waals surface area contributed by atoms with Crippen molar-refractivity contribution < 1.29 is 9.72 Å². The van der Waals surface area contributed by atoms with Crippen molar-refractivity contribution in [3.8, 4) is 0 Å². The number of carbonyl (C=O) groups excluding carboxylic acids is 1. The van der Waals surface area contributed by atoms with Crippen molar-refractivity contribution in [1.82, 2.24) is 4.90 Å². The molecule has 0 aromatic heterocycles. The quantitative estimate of drug-likeness (QED) is 0.686. The van der Waals surface area contributed by atoms with Crippen molar-refractivity contribution in [2.24, 2.45) is 5.92 Å². The van der Waals surface area contributed by atoms with Crippen LogP contribution in [0.2, 0.25) is 0 Å². The van der Waals surface area contributed by atoms with Crippen LogP contribution in [0.1, 0.15) is 36.5 Å². The van der Waals surface area contributed by atoms with E-state index < -0.39 is 4.92 Å². The lowest BCUT2D eigenvalue weighted by Crippen LogP contribution is -2.32. The minimum atomic E-state index is -0.487. The molecule has 1 aliphatic rings. The molecule has 1 fully saturated rings. The largest absolute Gasteiger partial charge is 0.383 e. The van der Waals surface area contributed by atoms with Gasteiger partial charge in [0.25, 0.3) is 5.91 Å². The van der Waals surface area contributed by atoms with Crippen LogP contribution in [0.15, 0.2) is 18.2 Å². The van der Waals surface area contributed by atoms with Gasteiger partial charge in [0.1, 0.15) is 11.3 Å². The van der Waals surface area contributed by atoms with E-state index in [0.717, 1.165) is 19.3 Å². The fraction of sp³-hybridized carbons (Fsp3) is 0.533. The minimum absolute atomic E-state index is 0.137. The van der Waals surface area contributed by atoms with Gasteiger partial charge in [0.05, 0.1) is 4.92 Å². The Morgan fingerprint density at radius 3 is 2.81 bits per heavy atom. The van der Waals surface area contributed by atoms with Crippen molar-refractivity contribution in [3.63, 3.8) is 0 Å². The molecule has 0 radical (unpaired) electrons. The van der Waals surface area contributed by atoms with Gasteiger partial charge in [-0.3, -0.25) is 14.9 Å². The summed E-state index contributed by atoms with van der Waals surface area (Å²) in [4.78, 5) is 25.2. The summed E-state index contributed by atoms with van der Waals surface area (Å²) in [5.74, 6) is 0.356. The van der Waals surface area contributed by atoms with Gasteiger partial charge in [-0.2, -0.15) is 0 Å². The number of nitro benzene ring substituents is 1. The molecular formula is C15H21N3O3. The summed E-state index contributed by atoms with van der Waals surface area (Å²) in [6, 6.07) is 4.82. The van der Waals surface area contributed by atoms with Crippen LogP contribution >= 0.6 is 0 Å². The molecule has 6 nitrogen and oxygen atoms in total. The Labute approximate surface area is 124 Å².